The van der Waals surface area contributed by atoms with Crippen molar-refractivity contribution in [1.82, 2.24) is 24.4 Å². The summed E-state index contributed by atoms with van der Waals surface area (Å²) in [6, 6.07) is 7.15. The molecule has 0 bridgehead atoms. The molecule has 2 aromatic heterocycles. The molecule has 146 valence electrons. The molecule has 5 rings (SSSR count). The van der Waals surface area contributed by atoms with Crippen molar-refractivity contribution in [3.63, 3.8) is 0 Å². The van der Waals surface area contributed by atoms with E-state index < -0.39 is 0 Å². The van der Waals surface area contributed by atoms with Crippen molar-refractivity contribution in [2.75, 3.05) is 20.2 Å². The third-order valence-electron chi connectivity index (χ3n) is 5.90. The van der Waals surface area contributed by atoms with Crippen molar-refractivity contribution in [2.24, 2.45) is 0 Å². The van der Waals surface area contributed by atoms with Crippen molar-refractivity contribution >= 4 is 11.0 Å². The standard InChI is InChI=1S/C21H25N5O2/c1-27-20-12-22-13-21(24-20)28-14-15-5-6-17-18(11-15)26-10-9-25(16-3-2-4-16)8-7-19(26)23-17/h5-6,11-13,16H,2-4,7-10,14H2,1H3. The minimum absolute atomic E-state index is 0.437. The Morgan fingerprint density at radius 3 is 2.79 bits per heavy atom. The summed E-state index contributed by atoms with van der Waals surface area (Å²) in [6.07, 6.45) is 8.29. The Balaban J connectivity index is 1.34. The first-order valence-electron chi connectivity index (χ1n) is 10.0. The molecular formula is C21H25N5O2. The lowest BCUT2D eigenvalue weighted by molar-refractivity contribution is 0.130. The zero-order valence-electron chi connectivity index (χ0n) is 16.2. The number of hydrogen-bond donors (Lipinski definition) is 0. The molecule has 3 heterocycles. The zero-order chi connectivity index (χ0) is 18.9. The quantitative estimate of drug-likeness (QED) is 0.679. The number of methoxy groups -OCH3 is 1. The van der Waals surface area contributed by atoms with Crippen LogP contribution in [0, 0.1) is 0 Å². The van der Waals surface area contributed by atoms with Crippen LogP contribution >= 0.6 is 0 Å². The Hall–Kier alpha value is -2.67. The lowest BCUT2D eigenvalue weighted by Gasteiger charge is -2.36. The average Bonchev–Trinajstić information content (AvgIpc) is 2.91. The highest BCUT2D eigenvalue weighted by Crippen LogP contribution is 2.27. The Morgan fingerprint density at radius 1 is 1.07 bits per heavy atom. The van der Waals surface area contributed by atoms with Gasteiger partial charge in [0.25, 0.3) is 0 Å². The van der Waals surface area contributed by atoms with E-state index in [4.69, 9.17) is 14.5 Å². The van der Waals surface area contributed by atoms with Crippen LogP contribution in [0.3, 0.4) is 0 Å². The molecule has 2 aliphatic rings. The van der Waals surface area contributed by atoms with E-state index in [1.165, 1.54) is 30.6 Å². The van der Waals surface area contributed by atoms with Crippen LogP contribution in [0.25, 0.3) is 11.0 Å². The summed E-state index contributed by atoms with van der Waals surface area (Å²) in [5.41, 5.74) is 3.36. The van der Waals surface area contributed by atoms with Crippen LogP contribution < -0.4 is 9.47 Å². The summed E-state index contributed by atoms with van der Waals surface area (Å²) in [4.78, 5) is 15.9. The summed E-state index contributed by atoms with van der Waals surface area (Å²) in [5.74, 6) is 2.11. The van der Waals surface area contributed by atoms with Crippen LogP contribution in [0.4, 0.5) is 0 Å². The monoisotopic (exact) mass is 379 g/mol. The Labute approximate surface area is 164 Å². The van der Waals surface area contributed by atoms with E-state index >= 15 is 0 Å². The van der Waals surface area contributed by atoms with Crippen LogP contribution in [-0.2, 0) is 19.6 Å². The first kappa shape index (κ1) is 17.4. The van der Waals surface area contributed by atoms with Crippen LogP contribution in [-0.4, -0.2) is 50.7 Å². The van der Waals surface area contributed by atoms with E-state index in [1.54, 1.807) is 19.5 Å². The lowest BCUT2D eigenvalue weighted by atomic mass is 9.91. The van der Waals surface area contributed by atoms with Gasteiger partial charge in [0, 0.05) is 32.1 Å². The molecule has 0 amide bonds. The van der Waals surface area contributed by atoms with Gasteiger partial charge in [-0.25, -0.2) is 4.98 Å². The van der Waals surface area contributed by atoms with Crippen LogP contribution in [0.15, 0.2) is 30.6 Å². The molecule has 28 heavy (non-hydrogen) atoms. The smallest absolute Gasteiger partial charge is 0.235 e. The van der Waals surface area contributed by atoms with Crippen molar-refractivity contribution < 1.29 is 9.47 Å². The molecule has 1 aliphatic heterocycles. The number of benzene rings is 1. The lowest BCUT2D eigenvalue weighted by Crippen LogP contribution is -2.41. The second-order valence-corrected chi connectivity index (χ2v) is 7.56. The number of fused-ring (bicyclic) bond motifs is 3. The van der Waals surface area contributed by atoms with Gasteiger partial charge in [-0.05, 0) is 30.5 Å². The van der Waals surface area contributed by atoms with Gasteiger partial charge in [-0.15, -0.1) is 0 Å². The summed E-state index contributed by atoms with van der Waals surface area (Å²) in [6.45, 7) is 3.68. The third kappa shape index (κ3) is 3.30. The molecule has 1 aromatic carbocycles. The predicted octanol–water partition coefficient (Wildman–Crippen LogP) is 2.82. The first-order valence-corrected chi connectivity index (χ1v) is 10.0. The summed E-state index contributed by atoms with van der Waals surface area (Å²) >= 11 is 0. The van der Waals surface area contributed by atoms with Gasteiger partial charge < -0.3 is 14.0 Å². The fourth-order valence-electron chi connectivity index (χ4n) is 4.11. The molecule has 0 unspecified atom stereocenters. The highest BCUT2D eigenvalue weighted by molar-refractivity contribution is 5.77. The van der Waals surface area contributed by atoms with E-state index in [9.17, 15) is 0 Å². The summed E-state index contributed by atoms with van der Waals surface area (Å²) in [7, 11) is 1.57. The maximum Gasteiger partial charge on any atom is 0.235 e. The second kappa shape index (κ2) is 7.39. The fraction of sp³-hybridized carbons (Fsp3) is 0.476. The van der Waals surface area contributed by atoms with Crippen molar-refractivity contribution in [2.45, 2.75) is 44.9 Å². The number of rotatable bonds is 5. The molecule has 3 aromatic rings. The molecule has 0 saturated heterocycles. The third-order valence-corrected chi connectivity index (χ3v) is 5.90. The Bertz CT molecular complexity index is 982. The topological polar surface area (TPSA) is 65.3 Å². The largest absolute Gasteiger partial charge is 0.480 e. The minimum Gasteiger partial charge on any atom is -0.480 e. The number of ether oxygens (including phenoxy) is 2. The van der Waals surface area contributed by atoms with E-state index in [0.29, 0.717) is 18.4 Å². The molecule has 0 spiro atoms. The molecule has 0 atom stereocenters. The van der Waals surface area contributed by atoms with E-state index in [1.807, 2.05) is 0 Å². The first-order chi connectivity index (χ1) is 13.8. The van der Waals surface area contributed by atoms with Gasteiger partial charge in [-0.2, -0.15) is 4.98 Å². The van der Waals surface area contributed by atoms with Gasteiger partial charge >= 0.3 is 0 Å². The molecule has 1 saturated carbocycles. The molecule has 7 heteroatoms. The van der Waals surface area contributed by atoms with Crippen LogP contribution in [0.5, 0.6) is 11.8 Å². The Morgan fingerprint density at radius 2 is 1.96 bits per heavy atom. The molecule has 1 fully saturated rings. The van der Waals surface area contributed by atoms with Gasteiger partial charge in [-0.3, -0.25) is 9.88 Å². The molecule has 7 nitrogen and oxygen atoms in total. The van der Waals surface area contributed by atoms with Crippen molar-refractivity contribution in [1.29, 1.82) is 0 Å². The summed E-state index contributed by atoms with van der Waals surface area (Å²) in [5, 5.41) is 0. The molecule has 0 radical (unpaired) electrons. The number of hydrogen-bond acceptors (Lipinski definition) is 6. The normalized spacial score (nSPS) is 17.8. The summed E-state index contributed by atoms with van der Waals surface area (Å²) < 4.78 is 13.3. The maximum absolute atomic E-state index is 5.81. The second-order valence-electron chi connectivity index (χ2n) is 7.56. The predicted molar refractivity (Wildman–Crippen MR) is 106 cm³/mol. The molecular weight excluding hydrogens is 354 g/mol. The van der Waals surface area contributed by atoms with Gasteiger partial charge in [0.15, 0.2) is 0 Å². The van der Waals surface area contributed by atoms with Gasteiger partial charge in [0.05, 0.1) is 30.5 Å². The number of nitrogens with zero attached hydrogens (tertiary/aromatic N) is 5. The fourth-order valence-corrected chi connectivity index (χ4v) is 4.11. The zero-order valence-corrected chi connectivity index (χ0v) is 16.2. The van der Waals surface area contributed by atoms with E-state index in [-0.39, 0.29) is 0 Å². The highest BCUT2D eigenvalue weighted by atomic mass is 16.5. The van der Waals surface area contributed by atoms with E-state index in [2.05, 4.69) is 37.6 Å². The van der Waals surface area contributed by atoms with Gasteiger partial charge in [0.1, 0.15) is 12.4 Å². The Kier molecular flexibility index (Phi) is 4.60. The maximum atomic E-state index is 5.81. The minimum atomic E-state index is 0.437. The average molecular weight is 379 g/mol. The van der Waals surface area contributed by atoms with Crippen molar-refractivity contribution in [3.8, 4) is 11.8 Å². The molecule has 1 aliphatic carbocycles. The van der Waals surface area contributed by atoms with Crippen LogP contribution in [0.2, 0.25) is 0 Å². The number of aromatic nitrogens is 4. The van der Waals surface area contributed by atoms with Gasteiger partial charge in [0.2, 0.25) is 11.8 Å². The van der Waals surface area contributed by atoms with Gasteiger partial charge in [-0.1, -0.05) is 12.5 Å². The van der Waals surface area contributed by atoms with Crippen LogP contribution in [0.1, 0.15) is 30.7 Å². The van der Waals surface area contributed by atoms with E-state index in [0.717, 1.165) is 43.2 Å². The number of imidazole rings is 1. The van der Waals surface area contributed by atoms with Crippen molar-refractivity contribution in [3.05, 3.63) is 42.0 Å². The SMILES string of the molecule is COc1cncc(OCc2ccc3nc4n(c3c2)CCN(C2CCC2)CC4)n1. The molecule has 0 N–H and O–H groups in total. The highest BCUT2D eigenvalue weighted by Gasteiger charge is 2.27.